The Hall–Kier alpha value is -3.35. The van der Waals surface area contributed by atoms with Gasteiger partial charge in [0.05, 0.1) is 6.61 Å². The fourth-order valence-corrected chi connectivity index (χ4v) is 2.71. The lowest BCUT2D eigenvalue weighted by molar-refractivity contribution is -0.143. The molecule has 3 amide bonds. The van der Waals surface area contributed by atoms with E-state index in [-0.39, 0.29) is 37.7 Å². The Morgan fingerprint density at radius 2 is 1.76 bits per heavy atom. The zero-order chi connectivity index (χ0) is 21.2. The van der Waals surface area contributed by atoms with Crippen LogP contribution in [0.3, 0.4) is 0 Å². The minimum atomic E-state index is -0.470. The van der Waals surface area contributed by atoms with Gasteiger partial charge in [-0.15, -0.1) is 0 Å². The molecule has 2 aromatic rings. The molecule has 0 saturated carbocycles. The first-order chi connectivity index (χ1) is 13.9. The van der Waals surface area contributed by atoms with Gasteiger partial charge in [-0.3, -0.25) is 9.59 Å². The number of esters is 1. The molecule has 0 aromatic heterocycles. The molecule has 2 N–H and O–H groups in total. The zero-order valence-corrected chi connectivity index (χ0v) is 17.0. The summed E-state index contributed by atoms with van der Waals surface area (Å²) >= 11 is 0. The zero-order valence-electron chi connectivity index (χ0n) is 17.0. The van der Waals surface area contributed by atoms with E-state index in [0.717, 1.165) is 5.56 Å². The molecular formula is C22H27N3O4. The first-order valence-corrected chi connectivity index (χ1v) is 9.55. The molecule has 0 aliphatic heterocycles. The summed E-state index contributed by atoms with van der Waals surface area (Å²) in [6.45, 7) is 5.79. The SMILES string of the molecule is CCOC(=O)CN(Cc1ccccc1)C(=O)c1cccc(NC(=O)NC(C)C)c1. The number of nitrogens with zero attached hydrogens (tertiary/aromatic N) is 1. The summed E-state index contributed by atoms with van der Waals surface area (Å²) in [5.74, 6) is -0.794. The number of amides is 3. The Morgan fingerprint density at radius 3 is 2.41 bits per heavy atom. The fraction of sp³-hybridized carbons (Fsp3) is 0.318. The molecule has 0 spiro atoms. The second kappa shape index (κ2) is 10.8. The van der Waals surface area contributed by atoms with Gasteiger partial charge in [-0.25, -0.2) is 4.79 Å². The molecule has 0 aliphatic carbocycles. The summed E-state index contributed by atoms with van der Waals surface area (Å²) in [7, 11) is 0. The van der Waals surface area contributed by atoms with Gasteiger partial charge in [-0.2, -0.15) is 0 Å². The van der Waals surface area contributed by atoms with Crippen LogP contribution in [-0.4, -0.2) is 42.0 Å². The second-order valence-electron chi connectivity index (χ2n) is 6.79. The summed E-state index contributed by atoms with van der Waals surface area (Å²) in [6.07, 6.45) is 0. The maximum atomic E-state index is 13.1. The van der Waals surface area contributed by atoms with E-state index in [2.05, 4.69) is 10.6 Å². The van der Waals surface area contributed by atoms with Gasteiger partial charge in [0, 0.05) is 23.8 Å². The van der Waals surface area contributed by atoms with E-state index < -0.39 is 5.97 Å². The summed E-state index contributed by atoms with van der Waals surface area (Å²) in [5.41, 5.74) is 1.76. The summed E-state index contributed by atoms with van der Waals surface area (Å²) in [4.78, 5) is 38.5. The Kier molecular flexibility index (Phi) is 8.21. The van der Waals surface area contributed by atoms with Crippen molar-refractivity contribution in [1.82, 2.24) is 10.2 Å². The second-order valence-corrected chi connectivity index (χ2v) is 6.79. The molecule has 0 radical (unpaired) electrons. The fourth-order valence-electron chi connectivity index (χ4n) is 2.71. The van der Waals surface area contributed by atoms with Crippen LogP contribution in [0.1, 0.15) is 36.7 Å². The van der Waals surface area contributed by atoms with Crippen LogP contribution in [0.2, 0.25) is 0 Å². The molecular weight excluding hydrogens is 370 g/mol. The van der Waals surface area contributed by atoms with Gasteiger partial charge in [-0.1, -0.05) is 36.4 Å². The number of carbonyl (C=O) groups excluding carboxylic acids is 3. The molecule has 0 atom stereocenters. The van der Waals surface area contributed by atoms with Crippen LogP contribution in [0.5, 0.6) is 0 Å². The highest BCUT2D eigenvalue weighted by Crippen LogP contribution is 2.15. The summed E-state index contributed by atoms with van der Waals surface area (Å²) in [6, 6.07) is 15.7. The quantitative estimate of drug-likeness (QED) is 0.668. The Labute approximate surface area is 171 Å². The first kappa shape index (κ1) is 21.9. The maximum Gasteiger partial charge on any atom is 0.325 e. The van der Waals surface area contributed by atoms with Crippen LogP contribution in [0.25, 0.3) is 0 Å². The Balaban J connectivity index is 2.19. The molecule has 29 heavy (non-hydrogen) atoms. The van der Waals surface area contributed by atoms with Crippen molar-refractivity contribution in [3.8, 4) is 0 Å². The average molecular weight is 397 g/mol. The van der Waals surface area contributed by atoms with Crippen molar-refractivity contribution >= 4 is 23.6 Å². The van der Waals surface area contributed by atoms with Crippen LogP contribution in [-0.2, 0) is 16.1 Å². The number of ether oxygens (including phenoxy) is 1. The number of anilines is 1. The van der Waals surface area contributed by atoms with E-state index in [0.29, 0.717) is 11.3 Å². The largest absolute Gasteiger partial charge is 0.465 e. The number of benzene rings is 2. The predicted octanol–water partition coefficient (Wildman–Crippen LogP) is 3.42. The maximum absolute atomic E-state index is 13.1. The van der Waals surface area contributed by atoms with Gasteiger partial charge < -0.3 is 20.3 Å². The van der Waals surface area contributed by atoms with E-state index in [1.54, 1.807) is 31.2 Å². The predicted molar refractivity (Wildman–Crippen MR) is 112 cm³/mol. The Bertz CT molecular complexity index is 837. The van der Waals surface area contributed by atoms with Gasteiger partial charge in [0.2, 0.25) is 0 Å². The highest BCUT2D eigenvalue weighted by molar-refractivity contribution is 5.98. The van der Waals surface area contributed by atoms with Crippen LogP contribution in [0.15, 0.2) is 54.6 Å². The Morgan fingerprint density at radius 1 is 1.03 bits per heavy atom. The standard InChI is InChI=1S/C22H27N3O4/c1-4-29-20(26)15-25(14-17-9-6-5-7-10-17)21(27)18-11-8-12-19(13-18)24-22(28)23-16(2)3/h5-13,16H,4,14-15H2,1-3H3,(H2,23,24,28). The molecule has 0 fully saturated rings. The third-order valence-corrected chi connectivity index (χ3v) is 3.92. The molecule has 154 valence electrons. The lowest BCUT2D eigenvalue weighted by Gasteiger charge is -2.22. The van der Waals surface area contributed by atoms with Crippen molar-refractivity contribution in [1.29, 1.82) is 0 Å². The number of hydrogen-bond donors (Lipinski definition) is 2. The monoisotopic (exact) mass is 397 g/mol. The van der Waals surface area contributed by atoms with Crippen LogP contribution < -0.4 is 10.6 Å². The number of hydrogen-bond acceptors (Lipinski definition) is 4. The van der Waals surface area contributed by atoms with Gasteiger partial charge in [-0.05, 0) is 44.5 Å². The van der Waals surface area contributed by atoms with E-state index in [9.17, 15) is 14.4 Å². The minimum Gasteiger partial charge on any atom is -0.465 e. The van der Waals surface area contributed by atoms with Gasteiger partial charge in [0.25, 0.3) is 5.91 Å². The number of urea groups is 1. The molecule has 0 bridgehead atoms. The van der Waals surface area contributed by atoms with Crippen molar-refractivity contribution in [2.24, 2.45) is 0 Å². The van der Waals surface area contributed by atoms with Crippen LogP contribution in [0, 0.1) is 0 Å². The molecule has 7 nitrogen and oxygen atoms in total. The highest BCUT2D eigenvalue weighted by Gasteiger charge is 2.20. The highest BCUT2D eigenvalue weighted by atomic mass is 16.5. The van der Waals surface area contributed by atoms with Gasteiger partial charge in [0.15, 0.2) is 0 Å². The molecule has 2 aromatic carbocycles. The lowest BCUT2D eigenvalue weighted by Crippen LogP contribution is -2.36. The number of carbonyl (C=O) groups is 3. The molecule has 0 saturated heterocycles. The van der Waals surface area contributed by atoms with E-state index in [1.165, 1.54) is 4.90 Å². The van der Waals surface area contributed by atoms with E-state index in [1.807, 2.05) is 44.2 Å². The molecule has 0 heterocycles. The smallest absolute Gasteiger partial charge is 0.325 e. The van der Waals surface area contributed by atoms with Crippen molar-refractivity contribution in [2.45, 2.75) is 33.4 Å². The lowest BCUT2D eigenvalue weighted by atomic mass is 10.1. The normalized spacial score (nSPS) is 10.3. The molecule has 0 unspecified atom stereocenters. The van der Waals surface area contributed by atoms with Gasteiger partial charge >= 0.3 is 12.0 Å². The van der Waals surface area contributed by atoms with Crippen molar-refractivity contribution in [2.75, 3.05) is 18.5 Å². The van der Waals surface area contributed by atoms with Crippen molar-refractivity contribution in [3.63, 3.8) is 0 Å². The minimum absolute atomic E-state index is 0.00856. The van der Waals surface area contributed by atoms with E-state index >= 15 is 0 Å². The number of rotatable bonds is 8. The molecule has 2 rings (SSSR count). The van der Waals surface area contributed by atoms with Gasteiger partial charge in [0.1, 0.15) is 6.54 Å². The third kappa shape index (κ3) is 7.29. The number of nitrogens with one attached hydrogen (secondary N) is 2. The van der Waals surface area contributed by atoms with E-state index in [4.69, 9.17) is 4.74 Å². The average Bonchev–Trinajstić information content (AvgIpc) is 2.67. The topological polar surface area (TPSA) is 87.7 Å². The first-order valence-electron chi connectivity index (χ1n) is 9.55. The van der Waals surface area contributed by atoms with Crippen LogP contribution in [0.4, 0.5) is 10.5 Å². The summed E-state index contributed by atoms with van der Waals surface area (Å²) < 4.78 is 5.01. The molecule has 0 aliphatic rings. The van der Waals surface area contributed by atoms with Crippen LogP contribution >= 0.6 is 0 Å². The summed E-state index contributed by atoms with van der Waals surface area (Å²) in [5, 5.41) is 5.43. The third-order valence-electron chi connectivity index (χ3n) is 3.92. The van der Waals surface area contributed by atoms with Crippen molar-refractivity contribution < 1.29 is 19.1 Å². The van der Waals surface area contributed by atoms with Crippen molar-refractivity contribution in [3.05, 3.63) is 65.7 Å². The molecule has 7 heteroatoms.